The van der Waals surface area contributed by atoms with Crippen LogP contribution in [0.4, 0.5) is 0 Å². The number of hydrogen-bond acceptors (Lipinski definition) is 2. The molecule has 1 aliphatic heterocycles. The molecular formula is C20H23NO. The van der Waals surface area contributed by atoms with Crippen molar-refractivity contribution in [3.8, 4) is 11.1 Å². The fourth-order valence-corrected chi connectivity index (χ4v) is 4.23. The first-order valence-corrected chi connectivity index (χ1v) is 8.25. The van der Waals surface area contributed by atoms with Crippen molar-refractivity contribution in [3.63, 3.8) is 0 Å². The predicted molar refractivity (Wildman–Crippen MR) is 89.7 cm³/mol. The molecule has 4 rings (SSSR count). The van der Waals surface area contributed by atoms with Crippen LogP contribution in [0.1, 0.15) is 36.9 Å². The molecule has 1 aliphatic carbocycles. The van der Waals surface area contributed by atoms with E-state index in [-0.39, 0.29) is 12.0 Å². The summed E-state index contributed by atoms with van der Waals surface area (Å²) in [6, 6.07) is 17.9. The number of hydrogen-bond donors (Lipinski definition) is 1. The van der Waals surface area contributed by atoms with Crippen molar-refractivity contribution in [3.05, 3.63) is 59.7 Å². The third-order valence-corrected chi connectivity index (χ3v) is 5.36. The molecule has 2 aromatic carbocycles. The zero-order chi connectivity index (χ0) is 15.2. The number of piperidine rings is 1. The van der Waals surface area contributed by atoms with Gasteiger partial charge < -0.3 is 5.11 Å². The minimum atomic E-state index is 0.0325. The highest BCUT2D eigenvalue weighted by Crippen LogP contribution is 2.48. The second-order valence-electron chi connectivity index (χ2n) is 7.12. The van der Waals surface area contributed by atoms with Crippen LogP contribution in [0.15, 0.2) is 48.5 Å². The van der Waals surface area contributed by atoms with E-state index in [0.717, 1.165) is 25.9 Å². The summed E-state index contributed by atoms with van der Waals surface area (Å²) in [7, 11) is 0. The second-order valence-corrected chi connectivity index (χ2v) is 7.12. The Balaban J connectivity index is 1.78. The molecule has 2 nitrogen and oxygen atoms in total. The number of aliphatic hydroxyl groups excluding tert-OH is 1. The molecule has 2 heteroatoms. The summed E-state index contributed by atoms with van der Waals surface area (Å²) in [6.07, 6.45) is 2.29. The van der Waals surface area contributed by atoms with Gasteiger partial charge in [-0.1, -0.05) is 55.5 Å². The maximum atomic E-state index is 9.77. The molecule has 2 aromatic rings. The van der Waals surface area contributed by atoms with Gasteiger partial charge in [0.1, 0.15) is 0 Å². The molecular weight excluding hydrogens is 270 g/mol. The topological polar surface area (TPSA) is 23.5 Å². The zero-order valence-corrected chi connectivity index (χ0v) is 13.1. The van der Waals surface area contributed by atoms with Crippen LogP contribution in [-0.4, -0.2) is 29.7 Å². The molecule has 114 valence electrons. The molecule has 0 amide bonds. The summed E-state index contributed by atoms with van der Waals surface area (Å²) in [6.45, 7) is 4.57. The van der Waals surface area contributed by atoms with E-state index in [0.29, 0.717) is 6.04 Å². The van der Waals surface area contributed by atoms with Crippen molar-refractivity contribution in [2.24, 2.45) is 5.41 Å². The molecule has 0 radical (unpaired) electrons. The number of aliphatic hydroxyl groups is 1. The van der Waals surface area contributed by atoms with Crippen LogP contribution in [0.25, 0.3) is 11.1 Å². The highest BCUT2D eigenvalue weighted by atomic mass is 16.3. The van der Waals surface area contributed by atoms with Crippen molar-refractivity contribution >= 4 is 0 Å². The van der Waals surface area contributed by atoms with Crippen LogP contribution in [0.3, 0.4) is 0 Å². The van der Waals surface area contributed by atoms with Crippen molar-refractivity contribution < 1.29 is 5.11 Å². The minimum Gasteiger partial charge on any atom is -0.396 e. The molecule has 1 unspecified atom stereocenters. The van der Waals surface area contributed by atoms with Crippen LogP contribution < -0.4 is 0 Å². The summed E-state index contributed by atoms with van der Waals surface area (Å²) in [5, 5.41) is 9.77. The van der Waals surface area contributed by atoms with Crippen LogP contribution in [0.5, 0.6) is 0 Å². The average Bonchev–Trinajstić information content (AvgIpc) is 2.89. The van der Waals surface area contributed by atoms with Gasteiger partial charge in [-0.3, -0.25) is 4.90 Å². The van der Waals surface area contributed by atoms with E-state index in [9.17, 15) is 5.11 Å². The molecule has 0 bridgehead atoms. The summed E-state index contributed by atoms with van der Waals surface area (Å²) in [5.74, 6) is 0. The maximum absolute atomic E-state index is 9.77. The predicted octanol–water partition coefficient (Wildman–Crippen LogP) is 3.85. The Morgan fingerprint density at radius 1 is 1.05 bits per heavy atom. The SMILES string of the molecule is CC1(CO)CCCN(C2c3ccccc3-c3ccccc32)C1. The lowest BCUT2D eigenvalue weighted by atomic mass is 9.81. The van der Waals surface area contributed by atoms with Crippen LogP contribution in [0, 0.1) is 5.41 Å². The number of likely N-dealkylation sites (tertiary alicyclic amines) is 1. The summed E-state index contributed by atoms with van der Waals surface area (Å²) >= 11 is 0. The summed E-state index contributed by atoms with van der Waals surface area (Å²) in [5.41, 5.74) is 5.63. The Morgan fingerprint density at radius 3 is 2.23 bits per heavy atom. The molecule has 1 atom stereocenters. The van der Waals surface area contributed by atoms with Crippen LogP contribution in [0.2, 0.25) is 0 Å². The van der Waals surface area contributed by atoms with Gasteiger partial charge in [0.2, 0.25) is 0 Å². The van der Waals surface area contributed by atoms with E-state index < -0.39 is 0 Å². The van der Waals surface area contributed by atoms with E-state index in [1.165, 1.54) is 22.3 Å². The molecule has 22 heavy (non-hydrogen) atoms. The normalized spacial score (nSPS) is 25.0. The van der Waals surface area contributed by atoms with Gasteiger partial charge in [0.15, 0.2) is 0 Å². The average molecular weight is 293 g/mol. The Kier molecular flexibility index (Phi) is 3.32. The Hall–Kier alpha value is -1.64. The number of benzene rings is 2. The Bertz CT molecular complexity index is 650. The first kappa shape index (κ1) is 14.0. The Morgan fingerprint density at radius 2 is 1.64 bits per heavy atom. The minimum absolute atomic E-state index is 0.0325. The largest absolute Gasteiger partial charge is 0.396 e. The molecule has 1 N–H and O–H groups in total. The van der Waals surface area contributed by atoms with Crippen LogP contribution >= 0.6 is 0 Å². The van der Waals surface area contributed by atoms with E-state index >= 15 is 0 Å². The Labute approximate surface area is 132 Å². The lowest BCUT2D eigenvalue weighted by Crippen LogP contribution is -2.45. The zero-order valence-electron chi connectivity index (χ0n) is 13.1. The van der Waals surface area contributed by atoms with Gasteiger partial charge in [0, 0.05) is 18.6 Å². The molecule has 1 saturated heterocycles. The van der Waals surface area contributed by atoms with E-state index in [1.54, 1.807) is 0 Å². The summed E-state index contributed by atoms with van der Waals surface area (Å²) < 4.78 is 0. The molecule has 0 saturated carbocycles. The number of nitrogens with zero attached hydrogens (tertiary/aromatic N) is 1. The van der Waals surface area contributed by atoms with Gasteiger partial charge in [-0.2, -0.15) is 0 Å². The second kappa shape index (κ2) is 5.22. The van der Waals surface area contributed by atoms with Gasteiger partial charge >= 0.3 is 0 Å². The third kappa shape index (κ3) is 2.10. The number of rotatable bonds is 2. The van der Waals surface area contributed by atoms with Crippen LogP contribution in [-0.2, 0) is 0 Å². The first-order valence-electron chi connectivity index (χ1n) is 8.25. The highest BCUT2D eigenvalue weighted by molar-refractivity contribution is 5.78. The van der Waals surface area contributed by atoms with Gasteiger partial charge in [0.25, 0.3) is 0 Å². The smallest absolute Gasteiger partial charge is 0.0614 e. The standard InChI is InChI=1S/C20H23NO/c1-20(14-22)11-6-12-21(13-20)19-17-9-4-2-7-15(17)16-8-3-5-10-18(16)19/h2-5,7-10,19,22H,6,11-14H2,1H3. The highest BCUT2D eigenvalue weighted by Gasteiger charge is 2.38. The van der Waals surface area contributed by atoms with E-state index in [4.69, 9.17) is 0 Å². The van der Waals surface area contributed by atoms with Gasteiger partial charge in [-0.15, -0.1) is 0 Å². The van der Waals surface area contributed by atoms with Gasteiger partial charge in [0.05, 0.1) is 6.04 Å². The van der Waals surface area contributed by atoms with Crippen molar-refractivity contribution in [1.82, 2.24) is 4.90 Å². The quantitative estimate of drug-likeness (QED) is 0.909. The fourth-order valence-electron chi connectivity index (χ4n) is 4.23. The molecule has 0 spiro atoms. The third-order valence-electron chi connectivity index (χ3n) is 5.36. The monoisotopic (exact) mass is 293 g/mol. The van der Waals surface area contributed by atoms with E-state index in [1.807, 2.05) is 0 Å². The lowest BCUT2D eigenvalue weighted by molar-refractivity contribution is 0.0331. The molecule has 0 aromatic heterocycles. The molecule has 2 aliphatic rings. The van der Waals surface area contributed by atoms with Gasteiger partial charge in [-0.05, 0) is 41.6 Å². The van der Waals surface area contributed by atoms with E-state index in [2.05, 4.69) is 60.4 Å². The molecule has 1 heterocycles. The first-order chi connectivity index (χ1) is 10.7. The van der Waals surface area contributed by atoms with Crippen molar-refractivity contribution in [2.45, 2.75) is 25.8 Å². The molecule has 1 fully saturated rings. The van der Waals surface area contributed by atoms with Gasteiger partial charge in [-0.25, -0.2) is 0 Å². The van der Waals surface area contributed by atoms with Crippen molar-refractivity contribution in [1.29, 1.82) is 0 Å². The fraction of sp³-hybridized carbons (Fsp3) is 0.400. The lowest BCUT2D eigenvalue weighted by Gasteiger charge is -2.42. The number of fused-ring (bicyclic) bond motifs is 3. The van der Waals surface area contributed by atoms with Crippen molar-refractivity contribution in [2.75, 3.05) is 19.7 Å². The summed E-state index contributed by atoms with van der Waals surface area (Å²) in [4.78, 5) is 2.57. The maximum Gasteiger partial charge on any atom is 0.0614 e.